The van der Waals surface area contributed by atoms with Crippen molar-refractivity contribution in [1.82, 2.24) is 5.06 Å². The number of nitrogens with zero attached hydrogens (tertiary/aromatic N) is 1. The van der Waals surface area contributed by atoms with Crippen LogP contribution in [0, 0.1) is 5.41 Å². The quantitative estimate of drug-likeness (QED) is 0.347. The molecule has 3 aliphatic rings. The van der Waals surface area contributed by atoms with Crippen LogP contribution in [0.4, 0.5) is 0 Å². The van der Waals surface area contributed by atoms with Crippen LogP contribution in [0.1, 0.15) is 58.6 Å². The van der Waals surface area contributed by atoms with Gasteiger partial charge < -0.3 is 23.7 Å². The zero-order valence-electron chi connectivity index (χ0n) is 24.2. The molecule has 2 aromatic rings. The summed E-state index contributed by atoms with van der Waals surface area (Å²) in [5.74, 6) is 0.262. The number of piperidine rings is 1. The largest absolute Gasteiger partial charge is 0.491 e. The average molecular weight is 540 g/mol. The Morgan fingerprint density at radius 2 is 1.49 bits per heavy atom. The van der Waals surface area contributed by atoms with E-state index in [0.29, 0.717) is 39.6 Å². The summed E-state index contributed by atoms with van der Waals surface area (Å²) >= 11 is 0. The van der Waals surface area contributed by atoms with Crippen LogP contribution in [0.2, 0.25) is 0 Å². The van der Waals surface area contributed by atoms with Crippen LogP contribution in [0.3, 0.4) is 0 Å². The highest BCUT2D eigenvalue weighted by Crippen LogP contribution is 2.48. The number of rotatable bonds is 11. The number of hydroxylamine groups is 2. The average Bonchev–Trinajstić information content (AvgIpc) is 3.72. The molecule has 0 saturated carbocycles. The summed E-state index contributed by atoms with van der Waals surface area (Å²) in [6.07, 6.45) is 2.57. The highest BCUT2D eigenvalue weighted by atomic mass is 16.7. The van der Waals surface area contributed by atoms with Gasteiger partial charge in [-0.05, 0) is 57.4 Å². The maximum absolute atomic E-state index is 6.56. The number of ether oxygens (including phenoxy) is 5. The molecule has 5 rings (SSSR count). The Morgan fingerprint density at radius 1 is 0.846 bits per heavy atom. The Balaban J connectivity index is 1.10. The zero-order chi connectivity index (χ0) is 27.6. The highest BCUT2D eigenvalue weighted by molar-refractivity contribution is 5.27. The summed E-state index contributed by atoms with van der Waals surface area (Å²) in [5.41, 5.74) is 1.70. The van der Waals surface area contributed by atoms with Gasteiger partial charge in [0.1, 0.15) is 18.5 Å². The maximum Gasteiger partial charge on any atom is 0.171 e. The molecule has 3 aliphatic heterocycles. The first kappa shape index (κ1) is 28.5. The molecule has 0 N–H and O–H groups in total. The summed E-state index contributed by atoms with van der Waals surface area (Å²) in [6, 6.07) is 18.5. The van der Waals surface area contributed by atoms with Gasteiger partial charge in [0.25, 0.3) is 0 Å². The van der Waals surface area contributed by atoms with Crippen molar-refractivity contribution in [3.05, 3.63) is 65.7 Å². The van der Waals surface area contributed by atoms with Crippen LogP contribution in [-0.2, 0) is 36.8 Å². The molecule has 3 fully saturated rings. The molecule has 3 saturated heterocycles. The molecule has 7 nitrogen and oxygen atoms in total. The second-order valence-corrected chi connectivity index (χ2v) is 13.0. The normalized spacial score (nSPS) is 24.9. The van der Waals surface area contributed by atoms with E-state index >= 15 is 0 Å². The summed E-state index contributed by atoms with van der Waals surface area (Å²) in [4.78, 5) is 6.46. The Labute approximate surface area is 233 Å². The second kappa shape index (κ2) is 11.5. The van der Waals surface area contributed by atoms with E-state index in [9.17, 15) is 0 Å². The molecule has 1 spiro atoms. The van der Waals surface area contributed by atoms with Gasteiger partial charge in [0, 0.05) is 29.3 Å². The lowest BCUT2D eigenvalue weighted by molar-refractivity contribution is -0.383. The van der Waals surface area contributed by atoms with Gasteiger partial charge in [0.2, 0.25) is 0 Å². The van der Waals surface area contributed by atoms with Gasteiger partial charge in [-0.1, -0.05) is 49.4 Å². The lowest BCUT2D eigenvalue weighted by atomic mass is 9.77. The monoisotopic (exact) mass is 539 g/mol. The van der Waals surface area contributed by atoms with Crippen molar-refractivity contribution < 1.29 is 28.5 Å². The summed E-state index contributed by atoms with van der Waals surface area (Å²) in [5, 5.41) is 2.17. The van der Waals surface area contributed by atoms with Gasteiger partial charge in [-0.15, -0.1) is 0 Å². The molecule has 7 heteroatoms. The maximum atomic E-state index is 6.56. The molecule has 214 valence electrons. The van der Waals surface area contributed by atoms with Gasteiger partial charge in [-0.3, -0.25) is 4.84 Å². The third-order valence-electron chi connectivity index (χ3n) is 7.81. The minimum atomic E-state index is -0.618. The van der Waals surface area contributed by atoms with Gasteiger partial charge in [0.05, 0.1) is 39.6 Å². The molecular formula is C32H45NO6. The van der Waals surface area contributed by atoms with Crippen molar-refractivity contribution in [2.75, 3.05) is 39.6 Å². The van der Waals surface area contributed by atoms with E-state index in [-0.39, 0.29) is 22.6 Å². The van der Waals surface area contributed by atoms with Crippen molar-refractivity contribution in [1.29, 1.82) is 0 Å². The Hall–Kier alpha value is -2.00. The summed E-state index contributed by atoms with van der Waals surface area (Å²) in [7, 11) is 0. The predicted molar refractivity (Wildman–Crippen MR) is 149 cm³/mol. The fraction of sp³-hybridized carbons (Fsp3) is 0.625. The predicted octanol–water partition coefficient (Wildman–Crippen LogP) is 5.56. The molecule has 0 bridgehead atoms. The summed E-state index contributed by atoms with van der Waals surface area (Å²) < 4.78 is 30.1. The van der Waals surface area contributed by atoms with E-state index in [2.05, 4.69) is 63.9 Å². The SMILES string of the molecule is CC1(COCc2ccccc2)COC2(CC(C)(C)N(OCCc3ccc(OCC4CO4)cc3)C(C)(C)C2)OC1. The van der Waals surface area contributed by atoms with Crippen LogP contribution < -0.4 is 4.74 Å². The first-order valence-corrected chi connectivity index (χ1v) is 14.2. The van der Waals surface area contributed by atoms with Crippen molar-refractivity contribution in [3.8, 4) is 5.75 Å². The van der Waals surface area contributed by atoms with Gasteiger partial charge >= 0.3 is 0 Å². The van der Waals surface area contributed by atoms with Crippen molar-refractivity contribution >= 4 is 0 Å². The van der Waals surface area contributed by atoms with E-state index in [1.54, 1.807) is 0 Å². The lowest BCUT2D eigenvalue weighted by Gasteiger charge is -2.59. The van der Waals surface area contributed by atoms with Crippen molar-refractivity contribution in [3.63, 3.8) is 0 Å². The fourth-order valence-electron chi connectivity index (χ4n) is 6.03. The van der Waals surface area contributed by atoms with Crippen LogP contribution in [-0.4, -0.2) is 67.7 Å². The molecule has 0 amide bonds. The molecule has 1 unspecified atom stereocenters. The Bertz CT molecular complexity index is 1040. The number of hydrogen-bond acceptors (Lipinski definition) is 7. The molecule has 2 aromatic carbocycles. The van der Waals surface area contributed by atoms with E-state index in [4.69, 9.17) is 28.5 Å². The first-order chi connectivity index (χ1) is 18.6. The number of hydrogen-bond donors (Lipinski definition) is 0. The van der Waals surface area contributed by atoms with Crippen LogP contribution in [0.5, 0.6) is 5.75 Å². The molecule has 0 aliphatic carbocycles. The highest BCUT2D eigenvalue weighted by Gasteiger charge is 2.57. The zero-order valence-corrected chi connectivity index (χ0v) is 24.2. The van der Waals surface area contributed by atoms with Gasteiger partial charge in [-0.2, -0.15) is 5.06 Å². The standard InChI is InChI=1S/C32H45NO6/c1-29(2)20-32(37-23-31(5,24-38-32)22-34-17-26-9-7-6-8-10-26)21-30(3,4)33(29)39-16-15-25-11-13-27(14-12-25)35-18-28-19-36-28/h6-14,28H,15-24H2,1-5H3. The minimum Gasteiger partial charge on any atom is -0.491 e. The van der Waals surface area contributed by atoms with Crippen LogP contribution >= 0.6 is 0 Å². The number of benzene rings is 2. The van der Waals surface area contributed by atoms with Crippen LogP contribution in [0.15, 0.2) is 54.6 Å². The molecule has 1 atom stereocenters. The van der Waals surface area contributed by atoms with E-state index < -0.39 is 5.79 Å². The van der Waals surface area contributed by atoms with Gasteiger partial charge in [0.15, 0.2) is 5.79 Å². The van der Waals surface area contributed by atoms with Crippen molar-refractivity contribution in [2.24, 2.45) is 5.41 Å². The summed E-state index contributed by atoms with van der Waals surface area (Å²) in [6.45, 7) is 15.5. The van der Waals surface area contributed by atoms with E-state index in [1.165, 1.54) is 11.1 Å². The number of epoxide rings is 1. The van der Waals surface area contributed by atoms with Crippen molar-refractivity contribution in [2.45, 2.75) is 83.5 Å². The molecule has 3 heterocycles. The lowest BCUT2D eigenvalue weighted by Crippen LogP contribution is -2.68. The topological polar surface area (TPSA) is 61.9 Å². The Kier molecular flexibility index (Phi) is 8.39. The van der Waals surface area contributed by atoms with Gasteiger partial charge in [-0.25, -0.2) is 0 Å². The third-order valence-corrected chi connectivity index (χ3v) is 7.81. The smallest absolute Gasteiger partial charge is 0.171 e. The van der Waals surface area contributed by atoms with E-state index in [0.717, 1.165) is 31.6 Å². The first-order valence-electron chi connectivity index (χ1n) is 14.2. The van der Waals surface area contributed by atoms with Crippen LogP contribution in [0.25, 0.3) is 0 Å². The third kappa shape index (κ3) is 7.40. The Morgan fingerprint density at radius 3 is 2.10 bits per heavy atom. The second-order valence-electron chi connectivity index (χ2n) is 13.0. The minimum absolute atomic E-state index is 0.172. The van der Waals surface area contributed by atoms with E-state index in [1.807, 2.05) is 30.3 Å². The molecule has 39 heavy (non-hydrogen) atoms. The molecule has 0 radical (unpaired) electrons. The molecule has 0 aromatic heterocycles. The fourth-order valence-corrected chi connectivity index (χ4v) is 6.03. The molecular weight excluding hydrogens is 494 g/mol.